The number of rotatable bonds is 5. The van der Waals surface area contributed by atoms with Crippen LogP contribution >= 0.6 is 0 Å². The molecule has 4 nitrogen and oxygen atoms in total. The normalized spacial score (nSPS) is 13.7. The maximum Gasteiger partial charge on any atom is 0.164 e. The molecule has 0 aliphatic carbocycles. The van der Waals surface area contributed by atoms with Crippen molar-refractivity contribution in [2.75, 3.05) is 0 Å². The summed E-state index contributed by atoms with van der Waals surface area (Å²) < 4.78 is 72.6. The first-order valence-corrected chi connectivity index (χ1v) is 16.5. The molecule has 0 saturated heterocycles. The van der Waals surface area contributed by atoms with Gasteiger partial charge in [0.05, 0.1) is 22.0 Å². The van der Waals surface area contributed by atoms with Crippen molar-refractivity contribution in [1.29, 1.82) is 0 Å². The van der Waals surface area contributed by atoms with E-state index >= 15 is 0 Å². The molecule has 0 spiro atoms. The molecule has 0 aliphatic rings. The van der Waals surface area contributed by atoms with Gasteiger partial charge < -0.3 is 4.57 Å². The third kappa shape index (κ3) is 4.96. The number of aromatic nitrogens is 4. The van der Waals surface area contributed by atoms with Gasteiger partial charge in [-0.3, -0.25) is 0 Å². The molecule has 0 radical (unpaired) electrons. The molecule has 0 aliphatic heterocycles. The Labute approximate surface area is 306 Å². The Morgan fingerprint density at radius 2 is 0.882 bits per heavy atom. The summed E-state index contributed by atoms with van der Waals surface area (Å²) in [5.74, 6) is 1.21. The molecule has 2 aromatic heterocycles. The molecule has 10 rings (SSSR count). The smallest absolute Gasteiger partial charge is 0.164 e. The van der Waals surface area contributed by atoms with Crippen molar-refractivity contribution in [2.24, 2.45) is 0 Å². The zero-order valence-corrected chi connectivity index (χ0v) is 27.0. The Morgan fingerprint density at radius 3 is 1.51 bits per heavy atom. The van der Waals surface area contributed by atoms with Gasteiger partial charge in [0.2, 0.25) is 0 Å². The highest BCUT2D eigenvalue weighted by Gasteiger charge is 2.18. The Kier molecular flexibility index (Phi) is 5.12. The topological polar surface area (TPSA) is 43.6 Å². The molecule has 2 heterocycles. The zero-order chi connectivity index (χ0) is 40.7. The second-order valence-electron chi connectivity index (χ2n) is 12.3. The number of fused-ring (bicyclic) bond motifs is 6. The third-order valence-corrected chi connectivity index (χ3v) is 9.25. The maximum absolute atomic E-state index is 9.22. The Morgan fingerprint density at radius 1 is 0.392 bits per heavy atom. The summed E-state index contributed by atoms with van der Waals surface area (Å²) in [6.07, 6.45) is 0. The van der Waals surface area contributed by atoms with Crippen LogP contribution in [0.3, 0.4) is 0 Å². The number of para-hydroxylation sites is 2. The lowest BCUT2D eigenvalue weighted by atomic mass is 9.92. The van der Waals surface area contributed by atoms with Crippen LogP contribution in [0.1, 0.15) is 11.0 Å². The average Bonchev–Trinajstić information content (AvgIpc) is 3.65. The molecule has 51 heavy (non-hydrogen) atoms. The maximum atomic E-state index is 9.22. The van der Waals surface area contributed by atoms with Crippen LogP contribution in [0.4, 0.5) is 0 Å². The molecule has 0 saturated carbocycles. The molecule has 0 fully saturated rings. The Hall–Kier alpha value is -6.91. The van der Waals surface area contributed by atoms with Gasteiger partial charge in [-0.2, -0.15) is 0 Å². The molecule has 0 bridgehead atoms. The monoisotopic (exact) mass is 658 g/mol. The summed E-state index contributed by atoms with van der Waals surface area (Å²) in [6, 6.07) is 39.7. The lowest BCUT2D eigenvalue weighted by Gasteiger charge is -2.16. The van der Waals surface area contributed by atoms with E-state index in [9.17, 15) is 2.74 Å². The number of hydrogen-bond acceptors (Lipinski definition) is 3. The predicted octanol–water partition coefficient (Wildman–Crippen LogP) is 11.9. The van der Waals surface area contributed by atoms with Crippen LogP contribution in [0.15, 0.2) is 182 Å². The second kappa shape index (κ2) is 11.9. The van der Waals surface area contributed by atoms with Crippen molar-refractivity contribution in [3.63, 3.8) is 0 Å². The van der Waals surface area contributed by atoms with Crippen molar-refractivity contribution in [1.82, 2.24) is 19.5 Å². The van der Waals surface area contributed by atoms with E-state index < -0.39 is 36.3 Å². The molecule has 0 unspecified atom stereocenters. The highest BCUT2D eigenvalue weighted by Crippen LogP contribution is 2.40. The second-order valence-corrected chi connectivity index (χ2v) is 12.3. The van der Waals surface area contributed by atoms with Crippen LogP contribution in [0.25, 0.3) is 94.3 Å². The van der Waals surface area contributed by atoms with Crippen molar-refractivity contribution in [3.05, 3.63) is 182 Å². The SMILES string of the molecule is [2H]c1c([2H])c([2H])c2c(c1[2H])c1c([2H])c([2H])c([2H])c([2H])c1n2-c1cc(-c2nc(-c3ccccc3)nc(-c3ccccc3)n2)cc(-c2cc3ccccc3c3ccccc23)c1. The van der Waals surface area contributed by atoms with Gasteiger partial charge >= 0.3 is 0 Å². The first-order chi connectivity index (χ1) is 28.6. The van der Waals surface area contributed by atoms with Crippen LogP contribution < -0.4 is 0 Å². The van der Waals surface area contributed by atoms with E-state index in [1.165, 1.54) is 4.57 Å². The van der Waals surface area contributed by atoms with E-state index in [4.69, 9.17) is 23.2 Å². The van der Waals surface area contributed by atoms with E-state index in [0.29, 0.717) is 28.7 Å². The fourth-order valence-corrected chi connectivity index (χ4v) is 6.93. The quantitative estimate of drug-likeness (QED) is 0.173. The highest BCUT2D eigenvalue weighted by molar-refractivity contribution is 6.14. The molecular formula is C47H30N4. The number of hydrogen-bond donors (Lipinski definition) is 0. The first kappa shape index (κ1) is 21.9. The predicted molar refractivity (Wildman–Crippen MR) is 211 cm³/mol. The lowest BCUT2D eigenvalue weighted by molar-refractivity contribution is 1.07. The minimum absolute atomic E-state index is 0.000929. The van der Waals surface area contributed by atoms with Gasteiger partial charge in [-0.05, 0) is 69.0 Å². The first-order valence-electron chi connectivity index (χ1n) is 20.5. The van der Waals surface area contributed by atoms with Gasteiger partial charge in [0.1, 0.15) is 0 Å². The van der Waals surface area contributed by atoms with E-state index in [1.807, 2.05) is 97.1 Å². The van der Waals surface area contributed by atoms with E-state index in [-0.39, 0.29) is 33.9 Å². The van der Waals surface area contributed by atoms with Crippen LogP contribution in [0.5, 0.6) is 0 Å². The van der Waals surface area contributed by atoms with Gasteiger partial charge in [-0.25, -0.2) is 15.0 Å². The number of nitrogens with zero attached hydrogens (tertiary/aromatic N) is 4. The molecule has 10 aromatic rings. The summed E-state index contributed by atoms with van der Waals surface area (Å²) in [4.78, 5) is 15.0. The van der Waals surface area contributed by atoms with Crippen molar-refractivity contribution in [2.45, 2.75) is 0 Å². The van der Waals surface area contributed by atoms with E-state index in [0.717, 1.165) is 43.8 Å². The van der Waals surface area contributed by atoms with Crippen LogP contribution in [0, 0.1) is 0 Å². The third-order valence-electron chi connectivity index (χ3n) is 9.25. The van der Waals surface area contributed by atoms with Gasteiger partial charge in [-0.1, -0.05) is 145 Å². The average molecular weight is 659 g/mol. The largest absolute Gasteiger partial charge is 0.309 e. The van der Waals surface area contributed by atoms with Crippen molar-refractivity contribution in [3.8, 4) is 51.0 Å². The highest BCUT2D eigenvalue weighted by atomic mass is 15.0. The standard InChI is InChI=1S/C47H30N4/c1-3-15-31(16-4-1)45-48-46(32-17-5-2-6-18-32)50-47(49-45)35-27-34(42-30-33-19-7-8-20-37(33)38-21-9-10-22-39(38)42)28-36(29-35)51-43-25-13-11-23-40(43)41-24-12-14-26-44(41)51/h1-30H/i11D,12D,13D,14D,23D,24D,25D,26D. The molecule has 0 amide bonds. The molecular weight excluding hydrogens is 621 g/mol. The molecule has 8 aromatic carbocycles. The van der Waals surface area contributed by atoms with Gasteiger partial charge in [0, 0.05) is 33.2 Å². The van der Waals surface area contributed by atoms with E-state index in [1.54, 1.807) is 6.07 Å². The van der Waals surface area contributed by atoms with Gasteiger partial charge in [-0.15, -0.1) is 0 Å². The molecule has 0 atom stereocenters. The summed E-state index contributed by atoms with van der Waals surface area (Å²) >= 11 is 0. The van der Waals surface area contributed by atoms with Crippen molar-refractivity contribution >= 4 is 43.4 Å². The fourth-order valence-electron chi connectivity index (χ4n) is 6.93. The van der Waals surface area contributed by atoms with Crippen LogP contribution in [0.2, 0.25) is 0 Å². The summed E-state index contributed by atoms with van der Waals surface area (Å²) in [7, 11) is 0. The Bertz CT molecular complexity index is 3230. The molecule has 4 heteroatoms. The van der Waals surface area contributed by atoms with Gasteiger partial charge in [0.25, 0.3) is 0 Å². The lowest BCUT2D eigenvalue weighted by Crippen LogP contribution is -2.02. The number of benzene rings is 8. The van der Waals surface area contributed by atoms with E-state index in [2.05, 4.69) is 30.3 Å². The fraction of sp³-hybridized carbons (Fsp3) is 0. The summed E-state index contributed by atoms with van der Waals surface area (Å²) in [5.41, 5.74) is 4.12. The van der Waals surface area contributed by atoms with Gasteiger partial charge in [0.15, 0.2) is 17.5 Å². The van der Waals surface area contributed by atoms with Crippen molar-refractivity contribution < 1.29 is 11.0 Å². The summed E-state index contributed by atoms with van der Waals surface area (Å²) in [5, 5.41) is 4.08. The minimum atomic E-state index is -0.502. The van der Waals surface area contributed by atoms with Crippen LogP contribution in [-0.4, -0.2) is 19.5 Å². The minimum Gasteiger partial charge on any atom is -0.309 e. The molecule has 238 valence electrons. The summed E-state index contributed by atoms with van der Waals surface area (Å²) in [6.45, 7) is 0. The van der Waals surface area contributed by atoms with Crippen LogP contribution in [-0.2, 0) is 0 Å². The Balaban J connectivity index is 1.38. The zero-order valence-electron chi connectivity index (χ0n) is 35.0. The molecule has 0 N–H and O–H groups in total.